The number of hydrogen-bond donors (Lipinski definition) is 0. The van der Waals surface area contributed by atoms with E-state index in [1.807, 2.05) is 0 Å². The van der Waals surface area contributed by atoms with Gasteiger partial charge in [-0.15, -0.1) is 0 Å². The normalized spacial score (nSPS) is 12.4. The van der Waals surface area contributed by atoms with E-state index in [4.69, 9.17) is 0 Å². The molecule has 0 aromatic heterocycles. The first kappa shape index (κ1) is 28.6. The highest BCUT2D eigenvalue weighted by Gasteiger charge is 2.25. The molecule has 0 aliphatic heterocycles. The van der Waals surface area contributed by atoms with Gasteiger partial charge in [0.25, 0.3) is 0 Å². The second-order valence-electron chi connectivity index (χ2n) is 15.1. The Morgan fingerprint density at radius 1 is 0.167 bits per heavy atom. The van der Waals surface area contributed by atoms with Crippen LogP contribution in [0, 0.1) is 0 Å². The lowest BCUT2D eigenvalue weighted by Gasteiger charge is -2.16. The summed E-state index contributed by atoms with van der Waals surface area (Å²) in [7, 11) is 0. The lowest BCUT2D eigenvalue weighted by molar-refractivity contribution is 1.71. The van der Waals surface area contributed by atoms with E-state index in [9.17, 15) is 0 Å². The van der Waals surface area contributed by atoms with E-state index < -0.39 is 0 Å². The van der Waals surface area contributed by atoms with Crippen LogP contribution in [-0.2, 0) is 0 Å². The van der Waals surface area contributed by atoms with Crippen LogP contribution in [0.3, 0.4) is 0 Å². The molecule has 0 bridgehead atoms. The molecule has 0 nitrogen and oxygen atoms in total. The topological polar surface area (TPSA) is 0 Å². The summed E-state index contributed by atoms with van der Waals surface area (Å²) in [6, 6.07) is 68.5. The van der Waals surface area contributed by atoms with E-state index in [1.54, 1.807) is 0 Å². The van der Waals surface area contributed by atoms with Gasteiger partial charge in [0.2, 0.25) is 0 Å². The molecule has 12 aromatic rings. The first-order chi connectivity index (χ1) is 26.8. The smallest absolute Gasteiger partial charge is 0.00139 e. The van der Waals surface area contributed by atoms with Crippen molar-refractivity contribution in [2.75, 3.05) is 0 Å². The summed E-state index contributed by atoms with van der Waals surface area (Å²) < 4.78 is 0. The van der Waals surface area contributed by atoms with Crippen LogP contribution in [-0.4, -0.2) is 0 Å². The van der Waals surface area contributed by atoms with Crippen molar-refractivity contribution in [3.63, 3.8) is 0 Å². The summed E-state index contributed by atoms with van der Waals surface area (Å²) in [6.45, 7) is 0. The minimum atomic E-state index is 1.27. The molecule has 13 rings (SSSR count). The molecule has 0 saturated heterocycles. The van der Waals surface area contributed by atoms with Gasteiger partial charge >= 0.3 is 0 Å². The molecule has 0 amide bonds. The molecule has 246 valence electrons. The Labute approximate surface area is 311 Å². The van der Waals surface area contributed by atoms with Gasteiger partial charge in [-0.25, -0.2) is 0 Å². The monoisotopic (exact) mass is 678 g/mol. The number of hydrogen-bond acceptors (Lipinski definition) is 0. The van der Waals surface area contributed by atoms with Gasteiger partial charge in [-0.2, -0.15) is 0 Å². The van der Waals surface area contributed by atoms with Gasteiger partial charge in [0.05, 0.1) is 0 Å². The van der Waals surface area contributed by atoms with Gasteiger partial charge in [-0.1, -0.05) is 170 Å². The van der Waals surface area contributed by atoms with Gasteiger partial charge in [0.15, 0.2) is 0 Å². The molecular weight excluding hydrogens is 649 g/mol. The summed E-state index contributed by atoms with van der Waals surface area (Å²) in [5.41, 5.74) is 7.83. The maximum Gasteiger partial charge on any atom is -0.00139 e. The minimum absolute atomic E-state index is 1.27. The van der Waals surface area contributed by atoms with Gasteiger partial charge < -0.3 is 0 Å². The first-order valence-electron chi connectivity index (χ1n) is 18.9. The third-order valence-corrected chi connectivity index (χ3v) is 12.5. The van der Waals surface area contributed by atoms with E-state index in [0.29, 0.717) is 0 Å². The highest BCUT2D eigenvalue weighted by Crippen LogP contribution is 2.53. The summed E-state index contributed by atoms with van der Waals surface area (Å²) in [5.74, 6) is 0. The Morgan fingerprint density at radius 3 is 1.00 bits per heavy atom. The fraction of sp³-hybridized carbons (Fsp3) is 0. The summed E-state index contributed by atoms with van der Waals surface area (Å²) in [5, 5.41) is 23.6. The van der Waals surface area contributed by atoms with Crippen LogP contribution >= 0.6 is 0 Å². The highest BCUT2D eigenvalue weighted by molar-refractivity contribution is 6.36. The van der Waals surface area contributed by atoms with Crippen LogP contribution in [0.4, 0.5) is 0 Å². The third kappa shape index (κ3) is 3.62. The summed E-state index contributed by atoms with van der Waals surface area (Å²) >= 11 is 0. The summed E-state index contributed by atoms with van der Waals surface area (Å²) in [4.78, 5) is 0. The van der Waals surface area contributed by atoms with Crippen molar-refractivity contribution in [1.82, 2.24) is 0 Å². The SMILES string of the molecule is c1ccc2c(c1)ccc1c3ccccc3c(-c3ccc4c5c3ccc3ccc6c(-c7cc8c9ccccc9ccc8c8ccccc78)ccc-4c6c35)cc21. The fourth-order valence-corrected chi connectivity index (χ4v) is 10.2. The molecule has 12 aromatic carbocycles. The molecule has 0 spiro atoms. The van der Waals surface area contributed by atoms with Crippen molar-refractivity contribution < 1.29 is 0 Å². The second kappa shape index (κ2) is 10.3. The molecule has 0 radical (unpaired) electrons. The van der Waals surface area contributed by atoms with E-state index >= 15 is 0 Å². The van der Waals surface area contributed by atoms with Crippen LogP contribution in [0.1, 0.15) is 0 Å². The molecule has 54 heavy (non-hydrogen) atoms. The van der Waals surface area contributed by atoms with Crippen LogP contribution in [0.2, 0.25) is 0 Å². The van der Waals surface area contributed by atoms with E-state index in [0.717, 1.165) is 0 Å². The Morgan fingerprint density at radius 2 is 0.519 bits per heavy atom. The van der Waals surface area contributed by atoms with E-state index in [1.165, 1.54) is 130 Å². The standard InChI is InChI=1S/C54H30/c1-3-11-34-31(9-1)17-21-40-36-13-5-7-15-38(36)50(29-48(34)40)42-25-27-46-47-28-26-43(45-24-20-33-19-23-44(42)53(46)52(33)54(45)47)51-30-49-35-12-4-2-10-32(35)18-22-41(49)37-14-6-8-16-39(37)51/h1-30H. The molecule has 0 heterocycles. The van der Waals surface area contributed by atoms with Crippen molar-refractivity contribution in [3.05, 3.63) is 182 Å². The predicted molar refractivity (Wildman–Crippen MR) is 234 cm³/mol. The maximum absolute atomic E-state index is 2.46. The Bertz CT molecular complexity index is 3420. The Kier molecular flexibility index (Phi) is 5.45. The molecule has 0 saturated carbocycles. The second-order valence-corrected chi connectivity index (χ2v) is 15.1. The number of benzene rings is 12. The molecule has 0 heteroatoms. The molecule has 0 N–H and O–H groups in total. The minimum Gasteiger partial charge on any atom is -0.0616 e. The lowest BCUT2D eigenvalue weighted by Crippen LogP contribution is -1.88. The van der Waals surface area contributed by atoms with Crippen molar-refractivity contribution in [3.8, 4) is 33.4 Å². The molecular formula is C54H30. The number of fused-ring (bicyclic) bond motifs is 11. The van der Waals surface area contributed by atoms with Gasteiger partial charge in [-0.05, 0) is 142 Å². The Balaban J connectivity index is 1.12. The molecule has 0 atom stereocenters. The van der Waals surface area contributed by atoms with Gasteiger partial charge in [0.1, 0.15) is 0 Å². The fourth-order valence-electron chi connectivity index (χ4n) is 10.2. The molecule has 0 unspecified atom stereocenters. The van der Waals surface area contributed by atoms with Crippen molar-refractivity contribution in [2.24, 2.45) is 0 Å². The average molecular weight is 679 g/mol. The van der Waals surface area contributed by atoms with Crippen LogP contribution in [0.5, 0.6) is 0 Å². The molecule has 1 aliphatic rings. The summed E-state index contributed by atoms with van der Waals surface area (Å²) in [6.07, 6.45) is 0. The predicted octanol–water partition coefficient (Wildman–Crippen LogP) is 15.4. The van der Waals surface area contributed by atoms with E-state index in [2.05, 4.69) is 182 Å². The van der Waals surface area contributed by atoms with Crippen molar-refractivity contribution >= 4 is 97.0 Å². The third-order valence-electron chi connectivity index (χ3n) is 12.5. The van der Waals surface area contributed by atoms with Crippen LogP contribution in [0.25, 0.3) is 130 Å². The number of rotatable bonds is 2. The van der Waals surface area contributed by atoms with Gasteiger partial charge in [-0.3, -0.25) is 0 Å². The van der Waals surface area contributed by atoms with E-state index in [-0.39, 0.29) is 0 Å². The highest BCUT2D eigenvalue weighted by atomic mass is 14.3. The van der Waals surface area contributed by atoms with Gasteiger partial charge in [0, 0.05) is 0 Å². The average Bonchev–Trinajstić information content (AvgIpc) is 3.59. The zero-order valence-corrected chi connectivity index (χ0v) is 29.3. The lowest BCUT2D eigenvalue weighted by atomic mass is 9.88. The largest absolute Gasteiger partial charge is 0.0616 e. The molecule has 1 aliphatic carbocycles. The molecule has 0 fully saturated rings. The van der Waals surface area contributed by atoms with Crippen molar-refractivity contribution in [1.29, 1.82) is 0 Å². The Hall–Kier alpha value is -7.02. The quantitative estimate of drug-likeness (QED) is 0.160. The first-order valence-corrected chi connectivity index (χ1v) is 18.9. The zero-order chi connectivity index (χ0) is 35.1. The maximum atomic E-state index is 2.46. The van der Waals surface area contributed by atoms with Crippen LogP contribution in [0.15, 0.2) is 182 Å². The zero-order valence-electron chi connectivity index (χ0n) is 29.3. The van der Waals surface area contributed by atoms with Crippen molar-refractivity contribution in [2.45, 2.75) is 0 Å². The van der Waals surface area contributed by atoms with Crippen LogP contribution < -0.4 is 0 Å².